The van der Waals surface area contributed by atoms with Gasteiger partial charge in [-0.1, -0.05) is 12.1 Å². The third kappa shape index (κ3) is 2.97. The molecule has 0 aliphatic carbocycles. The third-order valence-electron chi connectivity index (χ3n) is 0.913. The molecule has 58 valence electrons. The van der Waals surface area contributed by atoms with E-state index in [1.165, 1.54) is 10.2 Å². The fourth-order valence-electron chi connectivity index (χ4n) is 0.491. The van der Waals surface area contributed by atoms with Crippen LogP contribution in [-0.4, -0.2) is 0 Å². The molecule has 0 aromatic heterocycles. The minimum atomic E-state index is 0. The first-order chi connectivity index (χ1) is 4.33. The summed E-state index contributed by atoms with van der Waals surface area (Å²) in [7, 11) is 1.45. The molecule has 0 spiro atoms. The predicted octanol–water partition coefficient (Wildman–Crippen LogP) is 2.16. The van der Waals surface area contributed by atoms with Gasteiger partial charge in [-0.05, 0) is 37.1 Å². The van der Waals surface area contributed by atoms with Crippen LogP contribution in [0, 0.1) is 0 Å². The average Bonchev–Trinajstić information content (AvgIpc) is 1.90. The molecule has 0 saturated carbocycles. The summed E-state index contributed by atoms with van der Waals surface area (Å²) in [5.41, 5.74) is 0. The first-order valence-electron chi connectivity index (χ1n) is 2.38. The van der Waals surface area contributed by atoms with Gasteiger partial charge >= 0.3 is 17.1 Å². The Balaban J connectivity index is 0.000000810. The molecule has 0 saturated heterocycles. The first-order valence-corrected chi connectivity index (χ1v) is 5.04. The van der Waals surface area contributed by atoms with Crippen molar-refractivity contribution in [2.75, 3.05) is 0 Å². The fraction of sp³-hybridized carbons (Fsp3) is 0. The summed E-state index contributed by atoms with van der Waals surface area (Å²) in [6.45, 7) is 0. The molecule has 1 rings (SSSR count). The molecule has 0 aliphatic rings. The number of benzene rings is 1. The van der Waals surface area contributed by atoms with Crippen molar-refractivity contribution in [3.05, 3.63) is 24.3 Å². The topological polar surface area (TPSA) is 23.1 Å². The Bertz CT molecular complexity index is 189. The van der Waals surface area contributed by atoms with Crippen molar-refractivity contribution in [2.45, 2.75) is 4.90 Å². The molecule has 1 aromatic carbocycles. The van der Waals surface area contributed by atoms with Crippen LogP contribution >= 0.6 is 25.0 Å². The smallest absolute Gasteiger partial charge is 0.872 e. The largest absolute Gasteiger partial charge is 1.00 e. The van der Waals surface area contributed by atoms with Crippen LogP contribution in [0.4, 0.5) is 0 Å². The number of rotatable bonds is 1. The standard InChI is InChI=1S/C6H5BrOS.Cu/c7-9-6-3-1-5(8)2-4-6;/h1-4,8H;/q;+1/p-1. The molecule has 1 aromatic rings. The average molecular weight is 268 g/mol. The second-order valence-corrected chi connectivity index (χ2v) is 3.15. The summed E-state index contributed by atoms with van der Waals surface area (Å²) in [5, 5.41) is 10.5. The van der Waals surface area contributed by atoms with E-state index in [1.54, 1.807) is 24.3 Å². The number of hydrogen-bond acceptors (Lipinski definition) is 2. The molecule has 0 N–H and O–H groups in total. The van der Waals surface area contributed by atoms with Gasteiger partial charge in [-0.25, -0.2) is 0 Å². The van der Waals surface area contributed by atoms with Crippen LogP contribution in [0.15, 0.2) is 29.2 Å². The molecule has 0 fully saturated rings. The van der Waals surface area contributed by atoms with E-state index in [9.17, 15) is 5.11 Å². The summed E-state index contributed by atoms with van der Waals surface area (Å²) >= 11 is 3.20. The Morgan fingerprint density at radius 1 is 1.20 bits per heavy atom. The molecule has 0 radical (unpaired) electrons. The van der Waals surface area contributed by atoms with Gasteiger partial charge in [-0.3, -0.25) is 0 Å². The minimum Gasteiger partial charge on any atom is -0.872 e. The van der Waals surface area contributed by atoms with Gasteiger partial charge in [0.15, 0.2) is 0 Å². The molecule has 0 heterocycles. The maximum atomic E-state index is 10.5. The van der Waals surface area contributed by atoms with Gasteiger partial charge in [-0.2, -0.15) is 0 Å². The molecule has 10 heavy (non-hydrogen) atoms. The van der Waals surface area contributed by atoms with Gasteiger partial charge in [-0.15, -0.1) is 5.75 Å². The van der Waals surface area contributed by atoms with E-state index in [1.807, 2.05) is 0 Å². The van der Waals surface area contributed by atoms with Crippen molar-refractivity contribution >= 4 is 25.0 Å². The van der Waals surface area contributed by atoms with Crippen LogP contribution in [0.3, 0.4) is 0 Å². The molecule has 0 unspecified atom stereocenters. The van der Waals surface area contributed by atoms with Gasteiger partial charge in [0.1, 0.15) is 0 Å². The van der Waals surface area contributed by atoms with Crippen molar-refractivity contribution in [1.29, 1.82) is 0 Å². The maximum Gasteiger partial charge on any atom is 1.00 e. The fourth-order valence-corrected chi connectivity index (χ4v) is 1.38. The second kappa shape index (κ2) is 5.08. The van der Waals surface area contributed by atoms with Crippen LogP contribution in [0.2, 0.25) is 0 Å². The normalized spacial score (nSPS) is 8.50. The Kier molecular flexibility index (Phi) is 5.26. The van der Waals surface area contributed by atoms with Crippen molar-refractivity contribution in [2.24, 2.45) is 0 Å². The third-order valence-corrected chi connectivity index (χ3v) is 2.48. The zero-order valence-electron chi connectivity index (χ0n) is 4.81. The summed E-state index contributed by atoms with van der Waals surface area (Å²) in [4.78, 5) is 1.05. The van der Waals surface area contributed by atoms with E-state index in [0.717, 1.165) is 4.90 Å². The van der Waals surface area contributed by atoms with Crippen LogP contribution in [0.25, 0.3) is 0 Å². The van der Waals surface area contributed by atoms with Crippen molar-refractivity contribution in [3.8, 4) is 5.75 Å². The van der Waals surface area contributed by atoms with Crippen molar-refractivity contribution < 1.29 is 22.2 Å². The molecule has 0 amide bonds. The first kappa shape index (κ1) is 10.4. The van der Waals surface area contributed by atoms with Crippen molar-refractivity contribution in [3.63, 3.8) is 0 Å². The summed E-state index contributed by atoms with van der Waals surface area (Å²) < 4.78 is 0. The number of hydrogen-bond donors (Lipinski definition) is 0. The maximum absolute atomic E-state index is 10.5. The van der Waals surface area contributed by atoms with E-state index in [-0.39, 0.29) is 22.8 Å². The zero-order valence-corrected chi connectivity index (χ0v) is 8.15. The molecular weight excluding hydrogens is 264 g/mol. The van der Waals surface area contributed by atoms with E-state index < -0.39 is 0 Å². The number of halogens is 1. The van der Waals surface area contributed by atoms with Gasteiger partial charge in [0.2, 0.25) is 0 Å². The quantitative estimate of drug-likeness (QED) is 0.728. The minimum absolute atomic E-state index is 0. The Labute approximate surface area is 81.9 Å². The molecule has 1 nitrogen and oxygen atoms in total. The van der Waals surface area contributed by atoms with Gasteiger partial charge < -0.3 is 5.11 Å². The van der Waals surface area contributed by atoms with Crippen LogP contribution < -0.4 is 5.11 Å². The van der Waals surface area contributed by atoms with E-state index >= 15 is 0 Å². The molecule has 0 bridgehead atoms. The monoisotopic (exact) mass is 266 g/mol. The Hall–Kier alpha value is 0.369. The van der Waals surface area contributed by atoms with Gasteiger partial charge in [0, 0.05) is 4.90 Å². The second-order valence-electron chi connectivity index (χ2n) is 1.55. The molecular formula is C6H4BrCuOS. The van der Waals surface area contributed by atoms with Gasteiger partial charge in [0.05, 0.1) is 0 Å². The summed E-state index contributed by atoms with van der Waals surface area (Å²) in [5.74, 6) is 0.0558. The van der Waals surface area contributed by atoms with Crippen LogP contribution in [0.5, 0.6) is 5.75 Å². The van der Waals surface area contributed by atoms with Gasteiger partial charge in [0.25, 0.3) is 0 Å². The van der Waals surface area contributed by atoms with E-state index in [2.05, 4.69) is 14.8 Å². The Morgan fingerprint density at radius 2 is 1.70 bits per heavy atom. The van der Waals surface area contributed by atoms with E-state index in [4.69, 9.17) is 0 Å². The predicted molar refractivity (Wildman–Crippen MR) is 40.7 cm³/mol. The van der Waals surface area contributed by atoms with Crippen LogP contribution in [0.1, 0.15) is 0 Å². The molecule has 0 aliphatic heterocycles. The summed E-state index contributed by atoms with van der Waals surface area (Å²) in [6.07, 6.45) is 0. The SMILES string of the molecule is [Cu+].[O-]c1ccc(SBr)cc1. The Morgan fingerprint density at radius 3 is 2.10 bits per heavy atom. The molecule has 4 heteroatoms. The molecule has 0 atom stereocenters. The zero-order chi connectivity index (χ0) is 6.69. The summed E-state index contributed by atoms with van der Waals surface area (Å²) in [6, 6.07) is 6.65. The van der Waals surface area contributed by atoms with Crippen LogP contribution in [-0.2, 0) is 17.1 Å². The van der Waals surface area contributed by atoms with Crippen molar-refractivity contribution in [1.82, 2.24) is 0 Å². The van der Waals surface area contributed by atoms with E-state index in [0.29, 0.717) is 0 Å².